The fourth-order valence-electron chi connectivity index (χ4n) is 3.21. The Kier molecular flexibility index (Phi) is 8.04. The summed E-state index contributed by atoms with van der Waals surface area (Å²) in [6.45, 7) is 7.44. The van der Waals surface area contributed by atoms with Crippen LogP contribution in [0.25, 0.3) is 0 Å². The molecule has 1 fully saturated rings. The van der Waals surface area contributed by atoms with Crippen molar-refractivity contribution >= 4 is 24.0 Å². The molecular weight excluding hydrogens is 329 g/mol. The highest BCUT2D eigenvalue weighted by Crippen LogP contribution is 2.36. The van der Waals surface area contributed by atoms with Gasteiger partial charge in [0.25, 0.3) is 0 Å². The normalized spacial score (nSPS) is 18.6. The van der Waals surface area contributed by atoms with Gasteiger partial charge in [-0.25, -0.2) is 8.78 Å². The van der Waals surface area contributed by atoms with Crippen molar-refractivity contribution < 1.29 is 8.78 Å². The topological polar surface area (TPSA) is 15.3 Å². The zero-order valence-corrected chi connectivity index (χ0v) is 14.6. The Morgan fingerprint density at radius 3 is 2.50 bits per heavy atom. The van der Waals surface area contributed by atoms with Crippen LogP contribution in [0.15, 0.2) is 12.1 Å². The molecule has 1 aliphatic heterocycles. The predicted molar refractivity (Wildman–Crippen MR) is 89.9 cm³/mol. The van der Waals surface area contributed by atoms with Gasteiger partial charge in [0.2, 0.25) is 0 Å². The number of rotatable bonds is 5. The smallest absolute Gasteiger partial charge is 0.149 e. The fraction of sp³-hybridized carbons (Fsp3) is 0.625. The third kappa shape index (κ3) is 4.31. The van der Waals surface area contributed by atoms with Crippen LogP contribution in [0.3, 0.4) is 0 Å². The SMILES string of the molecule is CCCC(C)[C@@H](c1c(F)ccc(Cl)c1F)N1CCNCC1.Cl. The van der Waals surface area contributed by atoms with Crippen LogP contribution in [-0.4, -0.2) is 31.1 Å². The average molecular weight is 353 g/mol. The van der Waals surface area contributed by atoms with Gasteiger partial charge in [0, 0.05) is 37.8 Å². The summed E-state index contributed by atoms with van der Waals surface area (Å²) >= 11 is 5.88. The molecule has 0 saturated carbocycles. The third-order valence-electron chi connectivity index (χ3n) is 4.20. The third-order valence-corrected chi connectivity index (χ3v) is 4.50. The molecule has 1 heterocycles. The van der Waals surface area contributed by atoms with Crippen molar-refractivity contribution in [2.45, 2.75) is 32.7 Å². The highest BCUT2D eigenvalue weighted by atomic mass is 35.5. The first-order valence-corrected chi connectivity index (χ1v) is 8.02. The Labute approximate surface area is 142 Å². The standard InChI is InChI=1S/C16H23ClF2N2.ClH/c1-3-4-11(2)16(21-9-7-20-8-10-21)14-13(18)6-5-12(17)15(14)19;/h5-6,11,16,20H,3-4,7-10H2,1-2H3;1H/t11?,16-;/m0./s1. The van der Waals surface area contributed by atoms with Gasteiger partial charge in [-0.3, -0.25) is 4.90 Å². The number of benzene rings is 1. The predicted octanol–water partition coefficient (Wildman–Crippen LogP) is 4.42. The number of hydrogen-bond donors (Lipinski definition) is 1. The molecule has 2 atom stereocenters. The number of hydrogen-bond acceptors (Lipinski definition) is 2. The van der Waals surface area contributed by atoms with Crippen LogP contribution in [0, 0.1) is 17.6 Å². The van der Waals surface area contributed by atoms with E-state index in [1.54, 1.807) is 0 Å². The van der Waals surface area contributed by atoms with Crippen molar-refractivity contribution in [3.63, 3.8) is 0 Å². The van der Waals surface area contributed by atoms with Crippen LogP contribution in [0.5, 0.6) is 0 Å². The van der Waals surface area contributed by atoms with Crippen LogP contribution in [0.4, 0.5) is 8.78 Å². The molecular formula is C16H24Cl2F2N2. The fourth-order valence-corrected chi connectivity index (χ4v) is 3.38. The lowest BCUT2D eigenvalue weighted by Crippen LogP contribution is -2.47. The van der Waals surface area contributed by atoms with Crippen LogP contribution in [0.2, 0.25) is 5.02 Å². The maximum atomic E-state index is 14.5. The molecule has 1 N–H and O–H groups in total. The zero-order chi connectivity index (χ0) is 15.4. The van der Waals surface area contributed by atoms with E-state index in [0.29, 0.717) is 0 Å². The van der Waals surface area contributed by atoms with Crippen molar-refractivity contribution in [1.29, 1.82) is 0 Å². The minimum absolute atomic E-state index is 0. The summed E-state index contributed by atoms with van der Waals surface area (Å²) in [5, 5.41) is 3.27. The lowest BCUT2D eigenvalue weighted by atomic mass is 9.88. The molecule has 2 nitrogen and oxygen atoms in total. The monoisotopic (exact) mass is 352 g/mol. The Balaban J connectivity index is 0.00000242. The Morgan fingerprint density at radius 1 is 1.27 bits per heavy atom. The first kappa shape index (κ1) is 19.6. The molecule has 0 amide bonds. The van der Waals surface area contributed by atoms with Gasteiger partial charge >= 0.3 is 0 Å². The summed E-state index contributed by atoms with van der Waals surface area (Å²) in [4.78, 5) is 2.18. The maximum absolute atomic E-state index is 14.5. The molecule has 6 heteroatoms. The minimum Gasteiger partial charge on any atom is -0.314 e. The van der Waals surface area contributed by atoms with E-state index in [1.165, 1.54) is 12.1 Å². The largest absolute Gasteiger partial charge is 0.314 e. The maximum Gasteiger partial charge on any atom is 0.149 e. The van der Waals surface area contributed by atoms with E-state index >= 15 is 0 Å². The first-order chi connectivity index (χ1) is 10.1. The van der Waals surface area contributed by atoms with Gasteiger partial charge < -0.3 is 5.32 Å². The molecule has 0 aliphatic carbocycles. The zero-order valence-electron chi connectivity index (χ0n) is 13.0. The van der Waals surface area contributed by atoms with E-state index in [1.807, 2.05) is 0 Å². The summed E-state index contributed by atoms with van der Waals surface area (Å²) in [5.41, 5.74) is 0.130. The van der Waals surface area contributed by atoms with Gasteiger partial charge in [-0.05, 0) is 24.5 Å². The van der Waals surface area contributed by atoms with Crippen molar-refractivity contribution in [2.75, 3.05) is 26.2 Å². The van der Waals surface area contributed by atoms with Gasteiger partial charge in [0.15, 0.2) is 0 Å². The molecule has 0 aromatic heterocycles. The van der Waals surface area contributed by atoms with Crippen molar-refractivity contribution in [3.8, 4) is 0 Å². The van der Waals surface area contributed by atoms with Crippen LogP contribution >= 0.6 is 24.0 Å². The van der Waals surface area contributed by atoms with Crippen molar-refractivity contribution in [1.82, 2.24) is 10.2 Å². The summed E-state index contributed by atoms with van der Waals surface area (Å²) in [6.07, 6.45) is 1.92. The summed E-state index contributed by atoms with van der Waals surface area (Å²) in [7, 11) is 0. The molecule has 0 bridgehead atoms. The average Bonchev–Trinajstić information content (AvgIpc) is 2.48. The quantitative estimate of drug-likeness (QED) is 0.789. The number of nitrogens with zero attached hydrogens (tertiary/aromatic N) is 1. The molecule has 1 aromatic rings. The van der Waals surface area contributed by atoms with E-state index in [9.17, 15) is 8.78 Å². The second-order valence-corrected chi connectivity index (χ2v) is 6.16. The lowest BCUT2D eigenvalue weighted by Gasteiger charge is -2.39. The summed E-state index contributed by atoms with van der Waals surface area (Å²) in [6, 6.07) is 2.30. The van der Waals surface area contributed by atoms with Crippen LogP contribution in [0.1, 0.15) is 38.3 Å². The van der Waals surface area contributed by atoms with E-state index in [-0.39, 0.29) is 35.0 Å². The van der Waals surface area contributed by atoms with Gasteiger partial charge in [0.1, 0.15) is 11.6 Å². The molecule has 0 spiro atoms. The van der Waals surface area contributed by atoms with E-state index in [2.05, 4.69) is 24.1 Å². The molecule has 2 rings (SSSR count). The molecule has 0 radical (unpaired) electrons. The second-order valence-electron chi connectivity index (χ2n) is 5.75. The molecule has 22 heavy (non-hydrogen) atoms. The van der Waals surface area contributed by atoms with E-state index in [4.69, 9.17) is 11.6 Å². The van der Waals surface area contributed by atoms with Crippen molar-refractivity contribution in [2.24, 2.45) is 5.92 Å². The Hall–Kier alpha value is -0.420. The summed E-state index contributed by atoms with van der Waals surface area (Å²) < 4.78 is 28.7. The molecule has 1 unspecified atom stereocenters. The highest BCUT2D eigenvalue weighted by molar-refractivity contribution is 6.30. The minimum atomic E-state index is -0.608. The van der Waals surface area contributed by atoms with Gasteiger partial charge in [0.05, 0.1) is 5.02 Å². The first-order valence-electron chi connectivity index (χ1n) is 7.64. The van der Waals surface area contributed by atoms with E-state index in [0.717, 1.165) is 39.0 Å². The highest BCUT2D eigenvalue weighted by Gasteiger charge is 2.32. The molecule has 1 saturated heterocycles. The van der Waals surface area contributed by atoms with Gasteiger partial charge in [-0.1, -0.05) is 31.9 Å². The van der Waals surface area contributed by atoms with Crippen LogP contribution < -0.4 is 5.32 Å². The van der Waals surface area contributed by atoms with Gasteiger partial charge in [-0.2, -0.15) is 0 Å². The molecule has 126 valence electrons. The number of nitrogens with one attached hydrogen (secondary N) is 1. The Morgan fingerprint density at radius 2 is 1.91 bits per heavy atom. The lowest BCUT2D eigenvalue weighted by molar-refractivity contribution is 0.120. The summed E-state index contributed by atoms with van der Waals surface area (Å²) in [5.74, 6) is -0.929. The molecule has 1 aromatic carbocycles. The number of piperazine rings is 1. The number of halogens is 4. The van der Waals surface area contributed by atoms with E-state index < -0.39 is 11.6 Å². The van der Waals surface area contributed by atoms with Crippen molar-refractivity contribution in [3.05, 3.63) is 34.4 Å². The molecule has 1 aliphatic rings. The van der Waals surface area contributed by atoms with Gasteiger partial charge in [-0.15, -0.1) is 12.4 Å². The second kappa shape index (κ2) is 9.02. The van der Waals surface area contributed by atoms with Crippen LogP contribution in [-0.2, 0) is 0 Å². The Bertz CT molecular complexity index is 479.